The maximum Gasteiger partial charge on any atom is 0.428 e. The van der Waals surface area contributed by atoms with Gasteiger partial charge in [0.2, 0.25) is 0 Å². The molecule has 0 fully saturated rings. The minimum atomic E-state index is -4.11. The Morgan fingerprint density at radius 2 is 1.45 bits per heavy atom. The molecule has 1 aromatic heterocycles. The van der Waals surface area contributed by atoms with Crippen LogP contribution in [0, 0.1) is 0 Å². The number of nitrogens with one attached hydrogen (secondary N) is 1. The molecule has 1 N–H and O–H groups in total. The molecule has 9 nitrogen and oxygen atoms in total. The van der Waals surface area contributed by atoms with Crippen molar-refractivity contribution in [2.24, 2.45) is 8.80 Å². The van der Waals surface area contributed by atoms with E-state index < -0.39 is 10.3 Å². The summed E-state index contributed by atoms with van der Waals surface area (Å²) in [6.07, 6.45) is 2.58. The van der Waals surface area contributed by atoms with Gasteiger partial charge in [-0.3, -0.25) is 0 Å². The molecule has 150 valence electrons. The fourth-order valence-electron chi connectivity index (χ4n) is 1.96. The number of rotatable bonds is 10. The van der Waals surface area contributed by atoms with Crippen molar-refractivity contribution in [3.63, 3.8) is 0 Å². The number of aromatic amines is 1. The standard InChI is InChI=1S/C18H15N3O6S2/c22-29(23,25-18-9-5-2-6-10-18)20-14-16-12-11-15(21-16)13-19-28-27-26-24-17-7-3-1-4-8-17/h1-14,21H/b19-13?,20-14+. The van der Waals surface area contributed by atoms with Crippen LogP contribution in [0.3, 0.4) is 0 Å². The first-order valence-corrected chi connectivity index (χ1v) is 10.2. The third kappa shape index (κ3) is 7.43. The lowest BCUT2D eigenvalue weighted by Crippen LogP contribution is -2.06. The highest BCUT2D eigenvalue weighted by Gasteiger charge is 2.09. The SMILES string of the molecule is O=S(=O)(/N=C/c1ccc(C=NSOOOc2ccccc2)[nH]1)Oc1ccccc1. The second-order valence-corrected chi connectivity index (χ2v) is 7.00. The monoisotopic (exact) mass is 433 g/mol. The van der Waals surface area contributed by atoms with E-state index in [1.807, 2.05) is 6.07 Å². The van der Waals surface area contributed by atoms with Crippen molar-refractivity contribution in [1.82, 2.24) is 4.98 Å². The molecule has 0 aliphatic rings. The van der Waals surface area contributed by atoms with Gasteiger partial charge < -0.3 is 14.1 Å². The van der Waals surface area contributed by atoms with Crippen molar-refractivity contribution in [3.05, 3.63) is 84.2 Å². The normalized spacial score (nSPS) is 11.9. The third-order valence-corrected chi connectivity index (χ3v) is 4.24. The van der Waals surface area contributed by atoms with Gasteiger partial charge in [0.05, 0.1) is 23.8 Å². The third-order valence-electron chi connectivity index (χ3n) is 3.16. The Morgan fingerprint density at radius 1 is 0.828 bits per heavy atom. The molecule has 0 unspecified atom stereocenters. The van der Waals surface area contributed by atoms with Crippen LogP contribution in [0.25, 0.3) is 0 Å². The van der Waals surface area contributed by atoms with Gasteiger partial charge in [-0.15, -0.1) is 4.40 Å². The van der Waals surface area contributed by atoms with E-state index in [2.05, 4.69) is 23.2 Å². The topological polar surface area (TPSA) is 112 Å². The molecular formula is C18H15N3O6S2. The number of hydrogen-bond acceptors (Lipinski definition) is 8. The van der Waals surface area contributed by atoms with E-state index in [4.69, 9.17) is 9.07 Å². The number of nitrogens with zero attached hydrogens (tertiary/aromatic N) is 2. The van der Waals surface area contributed by atoms with Crippen LogP contribution in [-0.4, -0.2) is 25.8 Å². The molecule has 0 aliphatic heterocycles. The summed E-state index contributed by atoms with van der Waals surface area (Å²) in [5.74, 6) is 0.663. The van der Waals surface area contributed by atoms with Gasteiger partial charge in [0.1, 0.15) is 5.75 Å². The Bertz CT molecular complexity index is 1050. The molecule has 0 atom stereocenters. The Kier molecular flexibility index (Phi) is 7.41. The van der Waals surface area contributed by atoms with Crippen LogP contribution < -0.4 is 9.07 Å². The molecule has 0 saturated heterocycles. The lowest BCUT2D eigenvalue weighted by atomic mass is 10.3. The molecule has 0 saturated carbocycles. The van der Waals surface area contributed by atoms with E-state index in [1.54, 1.807) is 54.6 Å². The number of para-hydroxylation sites is 2. The Balaban J connectivity index is 1.43. The fourth-order valence-corrected chi connectivity index (χ4v) is 2.84. The van der Waals surface area contributed by atoms with Crippen LogP contribution in [0.2, 0.25) is 0 Å². The van der Waals surface area contributed by atoms with Gasteiger partial charge >= 0.3 is 10.3 Å². The predicted molar refractivity (Wildman–Crippen MR) is 109 cm³/mol. The minimum Gasteiger partial charge on any atom is -0.366 e. The quantitative estimate of drug-likeness (QED) is 0.130. The lowest BCUT2D eigenvalue weighted by Gasteiger charge is -2.00. The average molecular weight is 433 g/mol. The Hall–Kier alpha value is -3.12. The summed E-state index contributed by atoms with van der Waals surface area (Å²) >= 11 is 0.648. The van der Waals surface area contributed by atoms with Crippen LogP contribution in [-0.2, 0) is 19.7 Å². The number of aromatic nitrogens is 1. The maximum atomic E-state index is 11.8. The summed E-state index contributed by atoms with van der Waals surface area (Å²) < 4.78 is 40.6. The first-order chi connectivity index (χ1) is 14.1. The molecule has 0 radical (unpaired) electrons. The number of benzene rings is 2. The lowest BCUT2D eigenvalue weighted by molar-refractivity contribution is -0.403. The predicted octanol–water partition coefficient (Wildman–Crippen LogP) is 3.68. The van der Waals surface area contributed by atoms with E-state index in [-0.39, 0.29) is 5.75 Å². The van der Waals surface area contributed by atoms with Gasteiger partial charge in [-0.05, 0) is 36.4 Å². The van der Waals surface area contributed by atoms with Crippen LogP contribution in [0.15, 0.2) is 81.6 Å². The average Bonchev–Trinajstić information content (AvgIpc) is 3.18. The van der Waals surface area contributed by atoms with Gasteiger partial charge in [0.15, 0.2) is 18.0 Å². The summed E-state index contributed by atoms with van der Waals surface area (Å²) in [6, 6.07) is 20.2. The summed E-state index contributed by atoms with van der Waals surface area (Å²) in [6.45, 7) is 0. The zero-order valence-electron chi connectivity index (χ0n) is 14.7. The van der Waals surface area contributed by atoms with Crippen molar-refractivity contribution < 1.29 is 26.9 Å². The minimum absolute atomic E-state index is 0.180. The summed E-state index contributed by atoms with van der Waals surface area (Å²) in [5, 5.41) is 4.52. The molecule has 0 spiro atoms. The van der Waals surface area contributed by atoms with E-state index in [9.17, 15) is 8.42 Å². The van der Waals surface area contributed by atoms with E-state index in [1.165, 1.54) is 18.3 Å². The molecule has 29 heavy (non-hydrogen) atoms. The van der Waals surface area contributed by atoms with Crippen molar-refractivity contribution in [1.29, 1.82) is 0 Å². The Morgan fingerprint density at radius 3 is 2.14 bits per heavy atom. The molecule has 1 heterocycles. The van der Waals surface area contributed by atoms with Crippen LogP contribution in [0.4, 0.5) is 0 Å². The summed E-state index contributed by atoms with van der Waals surface area (Å²) in [7, 11) is -4.11. The van der Waals surface area contributed by atoms with Crippen LogP contribution >= 0.6 is 12.2 Å². The highest BCUT2D eigenvalue weighted by molar-refractivity contribution is 7.93. The molecule has 0 amide bonds. The largest absolute Gasteiger partial charge is 0.428 e. The number of H-pyrrole nitrogens is 1. The van der Waals surface area contributed by atoms with Crippen molar-refractivity contribution >= 4 is 35.0 Å². The molecule has 0 bridgehead atoms. The van der Waals surface area contributed by atoms with Crippen LogP contribution in [0.1, 0.15) is 11.4 Å². The number of hydrogen-bond donors (Lipinski definition) is 1. The smallest absolute Gasteiger partial charge is 0.366 e. The highest BCUT2D eigenvalue weighted by Crippen LogP contribution is 2.13. The fraction of sp³-hybridized carbons (Fsp3) is 0. The van der Waals surface area contributed by atoms with Crippen LogP contribution in [0.5, 0.6) is 11.5 Å². The van der Waals surface area contributed by atoms with Gasteiger partial charge in [-0.25, -0.2) is 0 Å². The molecule has 3 aromatic rings. The van der Waals surface area contributed by atoms with Crippen molar-refractivity contribution in [3.8, 4) is 11.5 Å². The highest BCUT2D eigenvalue weighted by atomic mass is 32.2. The molecule has 2 aromatic carbocycles. The molecular weight excluding hydrogens is 418 g/mol. The van der Waals surface area contributed by atoms with Gasteiger partial charge in [0.25, 0.3) is 0 Å². The summed E-state index contributed by atoms with van der Waals surface area (Å²) in [5.41, 5.74) is 1.04. The first kappa shape index (κ1) is 20.6. The van der Waals surface area contributed by atoms with E-state index in [0.29, 0.717) is 29.4 Å². The Labute approximate surface area is 171 Å². The first-order valence-electron chi connectivity index (χ1n) is 8.10. The zero-order valence-corrected chi connectivity index (χ0v) is 16.4. The summed E-state index contributed by atoms with van der Waals surface area (Å²) in [4.78, 5) is 7.76. The molecule has 0 aliphatic carbocycles. The van der Waals surface area contributed by atoms with E-state index >= 15 is 0 Å². The molecule has 3 rings (SSSR count). The maximum absolute atomic E-state index is 11.8. The van der Waals surface area contributed by atoms with Crippen molar-refractivity contribution in [2.75, 3.05) is 0 Å². The molecule has 11 heteroatoms. The second kappa shape index (κ2) is 10.4. The van der Waals surface area contributed by atoms with E-state index in [0.717, 1.165) is 6.21 Å². The van der Waals surface area contributed by atoms with Gasteiger partial charge in [-0.2, -0.15) is 12.8 Å². The second-order valence-electron chi connectivity index (χ2n) is 5.27. The zero-order chi connectivity index (χ0) is 20.4. The van der Waals surface area contributed by atoms with Gasteiger partial charge in [0, 0.05) is 5.04 Å². The van der Waals surface area contributed by atoms with Crippen molar-refractivity contribution in [2.45, 2.75) is 0 Å². The van der Waals surface area contributed by atoms with Gasteiger partial charge in [-0.1, -0.05) is 40.7 Å².